The van der Waals surface area contributed by atoms with Crippen molar-refractivity contribution >= 4 is 11.6 Å². The van der Waals surface area contributed by atoms with Crippen LogP contribution < -0.4 is 21.7 Å². The Bertz CT molecular complexity index is 574. The van der Waals surface area contributed by atoms with E-state index >= 15 is 0 Å². The monoisotopic (exact) mass is 349 g/mol. The topological polar surface area (TPSA) is 148 Å². The number of amides is 1. The predicted molar refractivity (Wildman–Crippen MR) is 97.9 cm³/mol. The largest absolute Gasteiger partial charge is 0.507 e. The van der Waals surface area contributed by atoms with Crippen LogP contribution in [0.15, 0.2) is 23.3 Å². The number of hydrogen-bond donors (Lipinski definition) is 5. The Balaban J connectivity index is 2.12. The number of nitrogens with two attached hydrogens (primary N) is 1. The first-order chi connectivity index (χ1) is 12.2. The first-order valence-electron chi connectivity index (χ1n) is 8.47. The van der Waals surface area contributed by atoms with Crippen LogP contribution in [0.4, 0.5) is 5.69 Å². The number of carbonyl (C=O) groups is 1. The van der Waals surface area contributed by atoms with Crippen molar-refractivity contribution in [3.05, 3.63) is 34.2 Å². The van der Waals surface area contributed by atoms with Gasteiger partial charge in [-0.2, -0.15) is 0 Å². The van der Waals surface area contributed by atoms with Crippen molar-refractivity contribution in [2.75, 3.05) is 39.3 Å². The molecule has 0 atom stereocenters. The quantitative estimate of drug-likeness (QED) is 0.158. The molecule has 1 rings (SSSR count). The van der Waals surface area contributed by atoms with Gasteiger partial charge in [-0.3, -0.25) is 4.79 Å². The van der Waals surface area contributed by atoms with Gasteiger partial charge in [0.25, 0.3) is 5.91 Å². The molecule has 0 spiro atoms. The summed E-state index contributed by atoms with van der Waals surface area (Å²) in [6.45, 7) is 4.88. The summed E-state index contributed by atoms with van der Waals surface area (Å²) in [4.78, 5) is 14.6. The molecule has 0 bridgehead atoms. The summed E-state index contributed by atoms with van der Waals surface area (Å²) < 4.78 is 0. The number of phenols is 1. The molecule has 0 radical (unpaired) electrons. The van der Waals surface area contributed by atoms with Crippen molar-refractivity contribution in [1.82, 2.24) is 16.0 Å². The molecule has 1 aromatic carbocycles. The molecule has 0 aromatic heterocycles. The average molecular weight is 349 g/mol. The zero-order valence-electron chi connectivity index (χ0n) is 14.4. The number of nitrogens with one attached hydrogen (secondary N) is 3. The molecule has 0 heterocycles. The molecule has 6 N–H and O–H groups in total. The maximum Gasteiger partial charge on any atom is 0.255 e. The number of rotatable bonds is 13. The number of azide groups is 1. The lowest BCUT2D eigenvalue weighted by molar-refractivity contribution is 0.0950. The van der Waals surface area contributed by atoms with Gasteiger partial charge in [0.1, 0.15) is 5.75 Å². The van der Waals surface area contributed by atoms with Crippen LogP contribution in [-0.2, 0) is 0 Å². The summed E-state index contributed by atoms with van der Waals surface area (Å²) in [6, 6.07) is 4.18. The number of carbonyl (C=O) groups excluding carboxylic acids is 1. The molecule has 9 nitrogen and oxygen atoms in total. The molecule has 25 heavy (non-hydrogen) atoms. The zero-order valence-corrected chi connectivity index (χ0v) is 14.4. The Morgan fingerprint density at radius 2 is 1.76 bits per heavy atom. The van der Waals surface area contributed by atoms with E-state index in [2.05, 4.69) is 26.0 Å². The van der Waals surface area contributed by atoms with Gasteiger partial charge in [0, 0.05) is 17.1 Å². The second kappa shape index (κ2) is 13.0. The van der Waals surface area contributed by atoms with Crippen LogP contribution in [0.25, 0.3) is 10.4 Å². The third-order valence-electron chi connectivity index (χ3n) is 3.47. The third-order valence-corrected chi connectivity index (χ3v) is 3.47. The molecule has 0 aliphatic carbocycles. The highest BCUT2D eigenvalue weighted by Gasteiger charge is 2.10. The maximum absolute atomic E-state index is 12.0. The molecule has 9 heteroatoms. The van der Waals surface area contributed by atoms with Gasteiger partial charge < -0.3 is 26.8 Å². The molecule has 0 unspecified atom stereocenters. The average Bonchev–Trinajstić information content (AvgIpc) is 2.60. The lowest BCUT2D eigenvalue weighted by atomic mass is 10.1. The molecule has 0 fully saturated rings. The summed E-state index contributed by atoms with van der Waals surface area (Å²) in [5.41, 5.74) is 14.2. The fourth-order valence-corrected chi connectivity index (χ4v) is 2.15. The van der Waals surface area contributed by atoms with Gasteiger partial charge in [0.2, 0.25) is 0 Å². The summed E-state index contributed by atoms with van der Waals surface area (Å²) in [6.07, 6.45) is 2.84. The van der Waals surface area contributed by atoms with Crippen molar-refractivity contribution in [2.24, 2.45) is 10.8 Å². The molecule has 0 aliphatic heterocycles. The second-order valence-corrected chi connectivity index (χ2v) is 5.50. The SMILES string of the molecule is [N-]=[N+]=Nc1ccc(C(=O)NCCCNCCCNCCCN)c(O)c1. The van der Waals surface area contributed by atoms with E-state index in [0.29, 0.717) is 13.1 Å². The van der Waals surface area contributed by atoms with Gasteiger partial charge in [-0.1, -0.05) is 11.2 Å². The van der Waals surface area contributed by atoms with Crippen molar-refractivity contribution in [1.29, 1.82) is 0 Å². The first-order valence-corrected chi connectivity index (χ1v) is 8.47. The lowest BCUT2D eigenvalue weighted by Crippen LogP contribution is -2.28. The Morgan fingerprint density at radius 3 is 2.36 bits per heavy atom. The van der Waals surface area contributed by atoms with E-state index in [0.717, 1.165) is 45.4 Å². The van der Waals surface area contributed by atoms with Crippen LogP contribution in [0.5, 0.6) is 5.75 Å². The molecule has 0 saturated carbocycles. The number of phenolic OH excluding ortho intramolecular Hbond substituents is 1. The summed E-state index contributed by atoms with van der Waals surface area (Å²) >= 11 is 0. The van der Waals surface area contributed by atoms with Crippen molar-refractivity contribution in [3.63, 3.8) is 0 Å². The molecule has 1 aromatic rings. The Morgan fingerprint density at radius 1 is 1.12 bits per heavy atom. The van der Waals surface area contributed by atoms with E-state index < -0.39 is 0 Å². The highest BCUT2D eigenvalue weighted by atomic mass is 16.3. The normalized spacial score (nSPS) is 10.3. The van der Waals surface area contributed by atoms with Gasteiger partial charge in [-0.05, 0) is 69.7 Å². The smallest absolute Gasteiger partial charge is 0.255 e. The number of aromatic hydroxyl groups is 1. The van der Waals surface area contributed by atoms with Crippen LogP contribution in [0.3, 0.4) is 0 Å². The fraction of sp³-hybridized carbons (Fsp3) is 0.562. The Kier molecular flexibility index (Phi) is 10.8. The maximum atomic E-state index is 12.0. The molecule has 0 saturated heterocycles. The van der Waals surface area contributed by atoms with Gasteiger partial charge in [0.15, 0.2) is 0 Å². The van der Waals surface area contributed by atoms with E-state index in [-0.39, 0.29) is 22.9 Å². The van der Waals surface area contributed by atoms with Crippen LogP contribution >= 0.6 is 0 Å². The van der Waals surface area contributed by atoms with E-state index in [4.69, 9.17) is 11.3 Å². The lowest BCUT2D eigenvalue weighted by Gasteiger charge is -2.08. The second-order valence-electron chi connectivity index (χ2n) is 5.50. The van der Waals surface area contributed by atoms with E-state index in [1.807, 2.05) is 0 Å². The number of benzene rings is 1. The van der Waals surface area contributed by atoms with Crippen LogP contribution in [-0.4, -0.2) is 50.3 Å². The summed E-state index contributed by atoms with van der Waals surface area (Å²) in [5.74, 6) is -0.559. The van der Waals surface area contributed by atoms with Crippen molar-refractivity contribution in [3.8, 4) is 5.75 Å². The van der Waals surface area contributed by atoms with Crippen LogP contribution in [0, 0.1) is 0 Å². The molecule has 0 aliphatic rings. The highest BCUT2D eigenvalue weighted by Crippen LogP contribution is 2.23. The third kappa shape index (κ3) is 8.92. The fourth-order valence-electron chi connectivity index (χ4n) is 2.15. The van der Waals surface area contributed by atoms with E-state index in [1.54, 1.807) is 0 Å². The number of nitrogens with zero attached hydrogens (tertiary/aromatic N) is 3. The molecular formula is C16H27N7O2. The number of hydrogen-bond acceptors (Lipinski definition) is 6. The molecule has 1 amide bonds. The first kappa shape index (κ1) is 20.7. The van der Waals surface area contributed by atoms with E-state index in [9.17, 15) is 9.90 Å². The van der Waals surface area contributed by atoms with E-state index in [1.165, 1.54) is 18.2 Å². The molecular weight excluding hydrogens is 322 g/mol. The standard InChI is InChI=1S/C16H27N7O2/c17-6-1-7-19-8-2-9-20-10-3-11-21-16(25)14-5-4-13(22-23-18)12-15(14)24/h4-5,12,19-20,24H,1-3,6-11,17H2,(H,21,25). The van der Waals surface area contributed by atoms with Crippen molar-refractivity contribution in [2.45, 2.75) is 19.3 Å². The minimum Gasteiger partial charge on any atom is -0.507 e. The van der Waals surface area contributed by atoms with Crippen LogP contribution in [0.1, 0.15) is 29.6 Å². The predicted octanol–water partition coefficient (Wildman–Crippen LogP) is 1.37. The minimum atomic E-state index is -0.353. The summed E-state index contributed by atoms with van der Waals surface area (Å²) in [7, 11) is 0. The molecule has 138 valence electrons. The summed E-state index contributed by atoms with van der Waals surface area (Å²) in [5, 5.41) is 22.5. The Hall–Kier alpha value is -2.32. The minimum absolute atomic E-state index is 0.161. The van der Waals surface area contributed by atoms with Gasteiger partial charge in [-0.25, -0.2) is 0 Å². The zero-order chi connectivity index (χ0) is 18.3. The van der Waals surface area contributed by atoms with Gasteiger partial charge in [0.05, 0.1) is 5.56 Å². The highest BCUT2D eigenvalue weighted by molar-refractivity contribution is 5.97. The Labute approximate surface area is 147 Å². The van der Waals surface area contributed by atoms with Crippen LogP contribution in [0.2, 0.25) is 0 Å². The van der Waals surface area contributed by atoms with Gasteiger partial charge >= 0.3 is 0 Å². The van der Waals surface area contributed by atoms with Gasteiger partial charge in [-0.15, -0.1) is 0 Å². The van der Waals surface area contributed by atoms with Crippen molar-refractivity contribution < 1.29 is 9.90 Å².